The minimum absolute atomic E-state index is 0.174. The van der Waals surface area contributed by atoms with Crippen LogP contribution in [-0.2, 0) is 16.9 Å². The lowest BCUT2D eigenvalue weighted by Crippen LogP contribution is -2.41. The Hall–Kier alpha value is -4.15. The standard InChI is InChI=1S/C24H19F3N4O4/c1-13-28-11-20(34-13)16-5-4-14(8-19(16)33-2)22-29-30-23-24(12-32,6-3-7-31(22)23)35-15-9-17(25)21(27)18(26)10-15/h4-5,8-12H,3,6-7H2,1-2H3. The number of carbonyl (C=O) groups excluding carboxylic acids is 1. The summed E-state index contributed by atoms with van der Waals surface area (Å²) >= 11 is 0. The molecule has 0 bridgehead atoms. The van der Waals surface area contributed by atoms with E-state index in [1.165, 1.54) is 7.11 Å². The van der Waals surface area contributed by atoms with Gasteiger partial charge in [0.15, 0.2) is 47.0 Å². The van der Waals surface area contributed by atoms with Gasteiger partial charge in [0.05, 0.1) is 18.9 Å². The third-order valence-electron chi connectivity index (χ3n) is 5.85. The molecule has 8 nitrogen and oxygen atoms in total. The Morgan fingerprint density at radius 1 is 1.14 bits per heavy atom. The lowest BCUT2D eigenvalue weighted by atomic mass is 9.94. The van der Waals surface area contributed by atoms with Crippen molar-refractivity contribution in [3.63, 3.8) is 0 Å². The van der Waals surface area contributed by atoms with Crippen molar-refractivity contribution >= 4 is 6.29 Å². The lowest BCUT2D eigenvalue weighted by Gasteiger charge is -2.32. The molecule has 3 heterocycles. The summed E-state index contributed by atoms with van der Waals surface area (Å²) < 4.78 is 59.4. The van der Waals surface area contributed by atoms with Crippen LogP contribution in [0, 0.1) is 24.4 Å². The predicted molar refractivity (Wildman–Crippen MR) is 116 cm³/mol. The van der Waals surface area contributed by atoms with Crippen LogP contribution >= 0.6 is 0 Å². The van der Waals surface area contributed by atoms with E-state index >= 15 is 0 Å². The molecular weight excluding hydrogens is 465 g/mol. The Bertz CT molecular complexity index is 1410. The molecule has 4 aromatic rings. The Labute approximate surface area is 197 Å². The molecule has 0 saturated carbocycles. The summed E-state index contributed by atoms with van der Waals surface area (Å²) in [7, 11) is 1.53. The maximum absolute atomic E-state index is 13.7. The Morgan fingerprint density at radius 3 is 2.57 bits per heavy atom. The van der Waals surface area contributed by atoms with Crippen molar-refractivity contribution < 1.29 is 31.9 Å². The van der Waals surface area contributed by atoms with Gasteiger partial charge in [0.2, 0.25) is 5.60 Å². The van der Waals surface area contributed by atoms with E-state index in [0.717, 1.165) is 0 Å². The Morgan fingerprint density at radius 2 is 1.91 bits per heavy atom. The fourth-order valence-electron chi connectivity index (χ4n) is 4.21. The number of oxazole rings is 1. The number of nitrogens with zero attached hydrogens (tertiary/aromatic N) is 4. The van der Waals surface area contributed by atoms with Crippen LogP contribution in [0.15, 0.2) is 40.9 Å². The monoisotopic (exact) mass is 484 g/mol. The molecular formula is C24H19F3N4O4. The molecule has 1 aliphatic rings. The number of fused-ring (bicyclic) bond motifs is 1. The molecule has 1 unspecified atom stereocenters. The average Bonchev–Trinajstić information content (AvgIpc) is 3.49. The number of aldehydes is 1. The number of aromatic nitrogens is 4. The highest BCUT2D eigenvalue weighted by atomic mass is 19.2. The van der Waals surface area contributed by atoms with E-state index < -0.39 is 23.1 Å². The highest BCUT2D eigenvalue weighted by Gasteiger charge is 2.43. The van der Waals surface area contributed by atoms with Crippen molar-refractivity contribution in [1.29, 1.82) is 0 Å². The van der Waals surface area contributed by atoms with Crippen molar-refractivity contribution in [3.05, 3.63) is 65.7 Å². The number of methoxy groups -OCH3 is 1. The van der Waals surface area contributed by atoms with E-state index in [0.29, 0.717) is 65.7 Å². The third kappa shape index (κ3) is 3.82. The fourth-order valence-corrected chi connectivity index (χ4v) is 4.21. The number of aryl methyl sites for hydroxylation is 1. The first-order chi connectivity index (χ1) is 16.8. The van der Waals surface area contributed by atoms with E-state index in [1.807, 2.05) is 0 Å². The van der Waals surface area contributed by atoms with Crippen molar-refractivity contribution in [2.45, 2.75) is 31.9 Å². The molecule has 0 aliphatic carbocycles. The molecule has 0 N–H and O–H groups in total. The molecule has 180 valence electrons. The predicted octanol–water partition coefficient (Wildman–Crippen LogP) is 4.60. The molecule has 1 aliphatic heterocycles. The van der Waals surface area contributed by atoms with Gasteiger partial charge in [-0.3, -0.25) is 4.79 Å². The van der Waals surface area contributed by atoms with E-state index in [1.54, 1.807) is 35.9 Å². The van der Waals surface area contributed by atoms with Gasteiger partial charge in [-0.05, 0) is 18.6 Å². The molecule has 1 atom stereocenters. The summed E-state index contributed by atoms with van der Waals surface area (Å²) in [4.78, 5) is 16.3. The first-order valence-corrected chi connectivity index (χ1v) is 10.7. The smallest absolute Gasteiger partial charge is 0.223 e. The van der Waals surface area contributed by atoms with Crippen LogP contribution in [0.5, 0.6) is 11.5 Å². The van der Waals surface area contributed by atoms with E-state index in [4.69, 9.17) is 13.9 Å². The topological polar surface area (TPSA) is 92.3 Å². The number of rotatable bonds is 6. The van der Waals surface area contributed by atoms with Crippen LogP contribution in [0.3, 0.4) is 0 Å². The molecule has 2 aromatic heterocycles. The van der Waals surface area contributed by atoms with Crippen LogP contribution in [-0.4, -0.2) is 33.1 Å². The number of ether oxygens (including phenoxy) is 2. The SMILES string of the molecule is COc1cc(-c2nnc3n2CCCC3(C=O)Oc2cc(F)c(F)c(F)c2)ccc1-c1cnc(C)o1. The van der Waals surface area contributed by atoms with Crippen molar-refractivity contribution in [2.24, 2.45) is 0 Å². The normalized spacial score (nSPS) is 17.2. The largest absolute Gasteiger partial charge is 0.496 e. The highest BCUT2D eigenvalue weighted by Crippen LogP contribution is 2.39. The zero-order valence-electron chi connectivity index (χ0n) is 18.7. The number of hydrogen-bond acceptors (Lipinski definition) is 7. The molecule has 2 aromatic carbocycles. The Kier molecular flexibility index (Phi) is 5.54. The van der Waals surface area contributed by atoms with Crippen molar-refractivity contribution in [2.75, 3.05) is 7.11 Å². The van der Waals surface area contributed by atoms with Crippen LogP contribution < -0.4 is 9.47 Å². The number of carbonyl (C=O) groups is 1. The third-order valence-corrected chi connectivity index (χ3v) is 5.85. The van der Waals surface area contributed by atoms with Crippen LogP contribution in [0.2, 0.25) is 0 Å². The fraction of sp³-hybridized carbons (Fsp3) is 0.250. The maximum Gasteiger partial charge on any atom is 0.223 e. The second-order valence-electron chi connectivity index (χ2n) is 8.07. The van der Waals surface area contributed by atoms with Gasteiger partial charge in [-0.2, -0.15) is 0 Å². The van der Waals surface area contributed by atoms with Crippen molar-refractivity contribution in [1.82, 2.24) is 19.7 Å². The molecule has 0 spiro atoms. The van der Waals surface area contributed by atoms with Gasteiger partial charge in [0, 0.05) is 37.6 Å². The second-order valence-corrected chi connectivity index (χ2v) is 8.07. The summed E-state index contributed by atoms with van der Waals surface area (Å²) in [6.07, 6.45) is 2.81. The number of benzene rings is 2. The molecule has 0 amide bonds. The summed E-state index contributed by atoms with van der Waals surface area (Å²) in [6.45, 7) is 2.22. The lowest BCUT2D eigenvalue weighted by molar-refractivity contribution is -0.124. The van der Waals surface area contributed by atoms with E-state index in [-0.39, 0.29) is 18.0 Å². The zero-order valence-corrected chi connectivity index (χ0v) is 18.7. The van der Waals surface area contributed by atoms with Gasteiger partial charge in [0.1, 0.15) is 11.5 Å². The summed E-state index contributed by atoms with van der Waals surface area (Å²) in [6, 6.07) is 6.73. The first-order valence-electron chi connectivity index (χ1n) is 10.7. The number of halogens is 3. The summed E-state index contributed by atoms with van der Waals surface area (Å²) in [5.41, 5.74) is -0.302. The first kappa shape index (κ1) is 22.6. The van der Waals surface area contributed by atoms with Gasteiger partial charge in [0.25, 0.3) is 0 Å². The van der Waals surface area contributed by atoms with Gasteiger partial charge in [-0.1, -0.05) is 6.07 Å². The minimum atomic E-state index is -1.65. The molecule has 0 fully saturated rings. The second kappa shape index (κ2) is 8.57. The van der Waals surface area contributed by atoms with Crippen LogP contribution in [0.25, 0.3) is 22.7 Å². The Balaban J connectivity index is 1.54. The maximum atomic E-state index is 13.7. The minimum Gasteiger partial charge on any atom is -0.496 e. The molecule has 5 rings (SSSR count). The molecule has 0 radical (unpaired) electrons. The van der Waals surface area contributed by atoms with Gasteiger partial charge in [-0.25, -0.2) is 18.2 Å². The van der Waals surface area contributed by atoms with Crippen molar-refractivity contribution in [3.8, 4) is 34.2 Å². The number of hydrogen-bond donors (Lipinski definition) is 0. The van der Waals surface area contributed by atoms with Gasteiger partial charge in [-0.15, -0.1) is 10.2 Å². The molecule has 0 saturated heterocycles. The highest BCUT2D eigenvalue weighted by molar-refractivity contribution is 5.72. The van der Waals surface area contributed by atoms with Gasteiger partial charge >= 0.3 is 0 Å². The van der Waals surface area contributed by atoms with Crippen LogP contribution in [0.4, 0.5) is 13.2 Å². The van der Waals surface area contributed by atoms with Gasteiger partial charge < -0.3 is 18.5 Å². The summed E-state index contributed by atoms with van der Waals surface area (Å²) in [5, 5.41) is 8.44. The molecule has 11 heteroatoms. The quantitative estimate of drug-likeness (QED) is 0.292. The average molecular weight is 484 g/mol. The van der Waals surface area contributed by atoms with E-state index in [2.05, 4.69) is 15.2 Å². The summed E-state index contributed by atoms with van der Waals surface area (Å²) in [5.74, 6) is -2.60. The van der Waals surface area contributed by atoms with E-state index in [9.17, 15) is 18.0 Å². The van der Waals surface area contributed by atoms with Crippen LogP contribution in [0.1, 0.15) is 24.6 Å². The zero-order chi connectivity index (χ0) is 24.7. The molecule has 35 heavy (non-hydrogen) atoms.